The number of ketones is 1. The van der Waals surface area contributed by atoms with Gasteiger partial charge < -0.3 is 19.5 Å². The van der Waals surface area contributed by atoms with E-state index in [1.807, 2.05) is 30.3 Å². The van der Waals surface area contributed by atoms with Crippen LogP contribution in [-0.2, 0) is 6.54 Å². The highest BCUT2D eigenvalue weighted by Crippen LogP contribution is 2.38. The first-order chi connectivity index (χ1) is 14.6. The number of hydrogen-bond donors (Lipinski definition) is 1. The van der Waals surface area contributed by atoms with Gasteiger partial charge in [0.2, 0.25) is 5.75 Å². The Morgan fingerprint density at radius 2 is 1.43 bits per heavy atom. The van der Waals surface area contributed by atoms with E-state index in [1.165, 1.54) is 7.11 Å². The van der Waals surface area contributed by atoms with E-state index in [2.05, 4.69) is 5.32 Å². The standard InChI is InChI=1S/C24H21NO5/c1-28-20-10-14(11-21(29-2)23(20)30-3)13-25-24(27)15-8-9-17-16-6-4-5-7-18(16)22(26)19(17)12-15/h4-12H,13H2,1-3H3,(H,25,27). The number of amides is 1. The highest BCUT2D eigenvalue weighted by Gasteiger charge is 2.27. The van der Waals surface area contributed by atoms with Crippen LogP contribution >= 0.6 is 0 Å². The molecule has 0 aliphatic heterocycles. The molecule has 1 amide bonds. The maximum atomic E-state index is 12.7. The zero-order chi connectivity index (χ0) is 21.3. The lowest BCUT2D eigenvalue weighted by molar-refractivity contribution is 0.0951. The summed E-state index contributed by atoms with van der Waals surface area (Å²) in [5, 5.41) is 2.88. The highest BCUT2D eigenvalue weighted by molar-refractivity contribution is 6.22. The average molecular weight is 403 g/mol. The third kappa shape index (κ3) is 3.26. The van der Waals surface area contributed by atoms with Crippen molar-refractivity contribution in [2.75, 3.05) is 21.3 Å². The zero-order valence-electron chi connectivity index (χ0n) is 16.9. The molecule has 152 valence electrons. The van der Waals surface area contributed by atoms with E-state index in [0.717, 1.165) is 16.7 Å². The van der Waals surface area contributed by atoms with Crippen LogP contribution in [0.3, 0.4) is 0 Å². The summed E-state index contributed by atoms with van der Waals surface area (Å²) in [6.45, 7) is 0.265. The summed E-state index contributed by atoms with van der Waals surface area (Å²) in [6, 6.07) is 16.3. The third-order valence-electron chi connectivity index (χ3n) is 5.17. The molecule has 1 aliphatic rings. The van der Waals surface area contributed by atoms with Gasteiger partial charge >= 0.3 is 0 Å². The Morgan fingerprint density at radius 1 is 0.800 bits per heavy atom. The first-order valence-electron chi connectivity index (χ1n) is 9.42. The van der Waals surface area contributed by atoms with E-state index >= 15 is 0 Å². The molecule has 0 aromatic heterocycles. The molecule has 6 nitrogen and oxygen atoms in total. The van der Waals surface area contributed by atoms with Crippen molar-refractivity contribution in [1.29, 1.82) is 0 Å². The number of rotatable bonds is 6. The van der Waals surface area contributed by atoms with Crippen molar-refractivity contribution in [3.63, 3.8) is 0 Å². The van der Waals surface area contributed by atoms with E-state index in [4.69, 9.17) is 14.2 Å². The Bertz CT molecular complexity index is 1130. The second-order valence-electron chi connectivity index (χ2n) is 6.85. The highest BCUT2D eigenvalue weighted by atomic mass is 16.5. The van der Waals surface area contributed by atoms with Crippen LogP contribution in [-0.4, -0.2) is 33.0 Å². The van der Waals surface area contributed by atoms with E-state index in [1.54, 1.807) is 38.5 Å². The van der Waals surface area contributed by atoms with Crippen molar-refractivity contribution in [2.24, 2.45) is 0 Å². The summed E-state index contributed by atoms with van der Waals surface area (Å²) in [5.41, 5.74) is 4.21. The number of carbonyl (C=O) groups is 2. The van der Waals surface area contributed by atoms with Gasteiger partial charge in [0.25, 0.3) is 5.91 Å². The van der Waals surface area contributed by atoms with E-state index in [0.29, 0.717) is 33.9 Å². The number of carbonyl (C=O) groups excluding carboxylic acids is 2. The summed E-state index contributed by atoms with van der Waals surface area (Å²) in [7, 11) is 4.62. The summed E-state index contributed by atoms with van der Waals surface area (Å²) in [4.78, 5) is 25.4. The van der Waals surface area contributed by atoms with Gasteiger partial charge in [-0.3, -0.25) is 9.59 Å². The molecule has 0 heterocycles. The predicted molar refractivity (Wildman–Crippen MR) is 113 cm³/mol. The van der Waals surface area contributed by atoms with Crippen LogP contribution in [0, 0.1) is 0 Å². The molecule has 0 saturated heterocycles. The Hall–Kier alpha value is -3.80. The van der Waals surface area contributed by atoms with Crippen LogP contribution in [0.2, 0.25) is 0 Å². The van der Waals surface area contributed by atoms with Crippen LogP contribution in [0.1, 0.15) is 31.8 Å². The van der Waals surface area contributed by atoms with Crippen LogP contribution in [0.5, 0.6) is 17.2 Å². The Kier molecular flexibility index (Phi) is 5.14. The lowest BCUT2D eigenvalue weighted by Gasteiger charge is -2.14. The predicted octanol–water partition coefficient (Wildman–Crippen LogP) is 3.85. The minimum Gasteiger partial charge on any atom is -0.493 e. The molecule has 0 spiro atoms. The molecule has 6 heteroatoms. The Labute approximate surface area is 174 Å². The molecule has 0 bridgehead atoms. The molecule has 0 radical (unpaired) electrons. The van der Waals surface area contributed by atoms with Crippen LogP contribution in [0.4, 0.5) is 0 Å². The molecular formula is C24H21NO5. The third-order valence-corrected chi connectivity index (χ3v) is 5.17. The fourth-order valence-electron chi connectivity index (χ4n) is 3.69. The van der Waals surface area contributed by atoms with Gasteiger partial charge in [0.05, 0.1) is 21.3 Å². The zero-order valence-corrected chi connectivity index (χ0v) is 16.9. The molecule has 30 heavy (non-hydrogen) atoms. The van der Waals surface area contributed by atoms with Gasteiger partial charge in [0.1, 0.15) is 0 Å². The number of hydrogen-bond acceptors (Lipinski definition) is 5. The van der Waals surface area contributed by atoms with Crippen LogP contribution in [0.25, 0.3) is 11.1 Å². The van der Waals surface area contributed by atoms with Crippen molar-refractivity contribution < 1.29 is 23.8 Å². The first kappa shape index (κ1) is 19.5. The van der Waals surface area contributed by atoms with Gasteiger partial charge in [-0.05, 0) is 41.0 Å². The van der Waals surface area contributed by atoms with Crippen LogP contribution in [0.15, 0.2) is 54.6 Å². The van der Waals surface area contributed by atoms with Gasteiger partial charge in [-0.2, -0.15) is 0 Å². The second-order valence-corrected chi connectivity index (χ2v) is 6.85. The van der Waals surface area contributed by atoms with Gasteiger partial charge in [-0.15, -0.1) is 0 Å². The number of ether oxygens (including phenoxy) is 3. The second kappa shape index (κ2) is 7.91. The van der Waals surface area contributed by atoms with Crippen molar-refractivity contribution in [1.82, 2.24) is 5.32 Å². The van der Waals surface area contributed by atoms with Crippen molar-refractivity contribution in [2.45, 2.75) is 6.54 Å². The number of methoxy groups -OCH3 is 3. The normalized spacial score (nSPS) is 11.5. The summed E-state index contributed by atoms with van der Waals surface area (Å²) in [5.74, 6) is 1.20. The van der Waals surface area contributed by atoms with E-state index in [-0.39, 0.29) is 18.2 Å². The molecule has 4 rings (SSSR count). The molecule has 0 saturated carbocycles. The van der Waals surface area contributed by atoms with Crippen LogP contribution < -0.4 is 19.5 Å². The molecule has 3 aromatic rings. The molecule has 1 aliphatic carbocycles. The molecule has 0 atom stereocenters. The molecule has 0 unspecified atom stereocenters. The maximum Gasteiger partial charge on any atom is 0.251 e. The van der Waals surface area contributed by atoms with E-state index in [9.17, 15) is 9.59 Å². The average Bonchev–Trinajstić information content (AvgIpc) is 3.08. The molecular weight excluding hydrogens is 382 g/mol. The minimum absolute atomic E-state index is 0.0557. The van der Waals surface area contributed by atoms with Gasteiger partial charge in [-0.25, -0.2) is 0 Å². The summed E-state index contributed by atoms with van der Waals surface area (Å²) >= 11 is 0. The Balaban J connectivity index is 1.54. The molecule has 1 N–H and O–H groups in total. The first-order valence-corrected chi connectivity index (χ1v) is 9.42. The number of benzene rings is 3. The monoisotopic (exact) mass is 403 g/mol. The van der Waals surface area contributed by atoms with Gasteiger partial charge in [-0.1, -0.05) is 30.3 Å². The maximum absolute atomic E-state index is 12.7. The lowest BCUT2D eigenvalue weighted by atomic mass is 10.0. The minimum atomic E-state index is -0.268. The number of fused-ring (bicyclic) bond motifs is 3. The van der Waals surface area contributed by atoms with Gasteiger partial charge in [0, 0.05) is 23.2 Å². The largest absolute Gasteiger partial charge is 0.493 e. The summed E-state index contributed by atoms with van der Waals surface area (Å²) < 4.78 is 16.0. The fraction of sp³-hybridized carbons (Fsp3) is 0.167. The smallest absolute Gasteiger partial charge is 0.251 e. The lowest BCUT2D eigenvalue weighted by Crippen LogP contribution is -2.23. The molecule has 3 aromatic carbocycles. The molecule has 0 fully saturated rings. The quantitative estimate of drug-likeness (QED) is 0.529. The van der Waals surface area contributed by atoms with Crippen molar-refractivity contribution in [3.8, 4) is 28.4 Å². The van der Waals surface area contributed by atoms with E-state index < -0.39 is 0 Å². The topological polar surface area (TPSA) is 73.9 Å². The van der Waals surface area contributed by atoms with Crippen molar-refractivity contribution in [3.05, 3.63) is 76.9 Å². The SMILES string of the molecule is COc1cc(CNC(=O)c2ccc3c(c2)C(=O)c2ccccc2-3)cc(OC)c1OC. The summed E-state index contributed by atoms with van der Waals surface area (Å²) in [6.07, 6.45) is 0. The van der Waals surface area contributed by atoms with Gasteiger partial charge in [0.15, 0.2) is 17.3 Å². The fourth-order valence-corrected chi connectivity index (χ4v) is 3.69. The number of nitrogens with one attached hydrogen (secondary N) is 1. The van der Waals surface area contributed by atoms with Crippen molar-refractivity contribution >= 4 is 11.7 Å². The Morgan fingerprint density at radius 3 is 2.07 bits per heavy atom.